The number of rotatable bonds is 7. The lowest BCUT2D eigenvalue weighted by atomic mass is 9.90. The zero-order valence-corrected chi connectivity index (χ0v) is 12.0. The largest absolute Gasteiger partial charge is 0.356 e. The van der Waals surface area contributed by atoms with Crippen molar-refractivity contribution in [3.05, 3.63) is 0 Å². The predicted octanol–water partition coefficient (Wildman–Crippen LogP) is 1.49. The summed E-state index contributed by atoms with van der Waals surface area (Å²) < 4.78 is 0. The standard InChI is InChI=1S/C14H29N3O/c1-3-10-17(11-9-14(18)16-4-2)13-7-5-12(15)6-8-13/h12-13H,3-11,15H2,1-2H3,(H,16,18). The third-order valence-corrected chi connectivity index (χ3v) is 3.77. The van der Waals surface area contributed by atoms with Crippen LogP contribution in [0.4, 0.5) is 0 Å². The first-order valence-electron chi connectivity index (χ1n) is 7.43. The van der Waals surface area contributed by atoms with Crippen LogP contribution in [0.15, 0.2) is 0 Å². The van der Waals surface area contributed by atoms with Gasteiger partial charge in [0.2, 0.25) is 5.91 Å². The summed E-state index contributed by atoms with van der Waals surface area (Å²) in [7, 11) is 0. The lowest BCUT2D eigenvalue weighted by molar-refractivity contribution is -0.121. The fraction of sp³-hybridized carbons (Fsp3) is 0.929. The van der Waals surface area contributed by atoms with Crippen LogP contribution in [0.25, 0.3) is 0 Å². The normalized spacial score (nSPS) is 24.2. The molecule has 0 saturated heterocycles. The van der Waals surface area contributed by atoms with Crippen molar-refractivity contribution in [1.82, 2.24) is 10.2 Å². The summed E-state index contributed by atoms with van der Waals surface area (Å²) >= 11 is 0. The van der Waals surface area contributed by atoms with Crippen LogP contribution in [0, 0.1) is 0 Å². The molecule has 0 spiro atoms. The molecular formula is C14H29N3O. The molecule has 0 aromatic rings. The lowest BCUT2D eigenvalue weighted by Crippen LogP contribution is -2.42. The molecule has 1 aliphatic rings. The van der Waals surface area contributed by atoms with E-state index in [1.807, 2.05) is 6.92 Å². The zero-order chi connectivity index (χ0) is 13.4. The van der Waals surface area contributed by atoms with Gasteiger partial charge in [-0.3, -0.25) is 9.69 Å². The second-order valence-electron chi connectivity index (χ2n) is 5.31. The van der Waals surface area contributed by atoms with Gasteiger partial charge in [-0.15, -0.1) is 0 Å². The number of hydrogen-bond acceptors (Lipinski definition) is 3. The molecule has 1 amide bonds. The SMILES string of the molecule is CCCN(CCC(=O)NCC)C1CCC(N)CC1. The van der Waals surface area contributed by atoms with E-state index < -0.39 is 0 Å². The van der Waals surface area contributed by atoms with Crippen LogP contribution in [0.2, 0.25) is 0 Å². The van der Waals surface area contributed by atoms with Crippen LogP contribution in [0.3, 0.4) is 0 Å². The molecule has 1 rings (SSSR count). The molecule has 4 heteroatoms. The first-order valence-corrected chi connectivity index (χ1v) is 7.43. The first kappa shape index (κ1) is 15.4. The first-order chi connectivity index (χ1) is 8.67. The monoisotopic (exact) mass is 255 g/mol. The molecule has 4 nitrogen and oxygen atoms in total. The minimum atomic E-state index is 0.172. The van der Waals surface area contributed by atoms with Gasteiger partial charge >= 0.3 is 0 Å². The van der Waals surface area contributed by atoms with Gasteiger partial charge in [-0.05, 0) is 45.6 Å². The van der Waals surface area contributed by atoms with E-state index in [2.05, 4.69) is 17.1 Å². The Kier molecular flexibility index (Phi) is 7.28. The molecule has 3 N–H and O–H groups in total. The summed E-state index contributed by atoms with van der Waals surface area (Å²) in [6, 6.07) is 1.03. The van der Waals surface area contributed by atoms with Crippen LogP contribution in [-0.2, 0) is 4.79 Å². The van der Waals surface area contributed by atoms with E-state index in [1.54, 1.807) is 0 Å². The second kappa shape index (κ2) is 8.48. The molecule has 106 valence electrons. The maximum atomic E-state index is 11.5. The second-order valence-corrected chi connectivity index (χ2v) is 5.31. The lowest BCUT2D eigenvalue weighted by Gasteiger charge is -2.35. The Morgan fingerprint density at radius 2 is 1.89 bits per heavy atom. The number of nitrogens with two attached hydrogens (primary N) is 1. The molecule has 0 aliphatic heterocycles. The molecule has 18 heavy (non-hydrogen) atoms. The summed E-state index contributed by atoms with van der Waals surface area (Å²) in [6.45, 7) is 6.88. The molecule has 0 atom stereocenters. The van der Waals surface area contributed by atoms with Crippen molar-refractivity contribution in [3.63, 3.8) is 0 Å². The van der Waals surface area contributed by atoms with Crippen LogP contribution in [-0.4, -0.2) is 42.5 Å². The van der Waals surface area contributed by atoms with E-state index in [-0.39, 0.29) is 5.91 Å². The Labute approximate surface area is 111 Å². The minimum Gasteiger partial charge on any atom is -0.356 e. The molecule has 0 aromatic heterocycles. The fourth-order valence-electron chi connectivity index (χ4n) is 2.76. The van der Waals surface area contributed by atoms with Crippen molar-refractivity contribution in [2.24, 2.45) is 5.73 Å². The van der Waals surface area contributed by atoms with Crippen molar-refractivity contribution < 1.29 is 4.79 Å². The smallest absolute Gasteiger partial charge is 0.221 e. The van der Waals surface area contributed by atoms with E-state index in [4.69, 9.17) is 5.73 Å². The number of carbonyl (C=O) groups excluding carboxylic acids is 1. The number of hydrogen-bond donors (Lipinski definition) is 2. The molecule has 0 bridgehead atoms. The average Bonchev–Trinajstić information content (AvgIpc) is 2.36. The summed E-state index contributed by atoms with van der Waals surface area (Å²) in [6.07, 6.45) is 6.42. The van der Waals surface area contributed by atoms with E-state index in [0.717, 1.165) is 38.9 Å². The number of nitrogens with zero attached hydrogens (tertiary/aromatic N) is 1. The van der Waals surface area contributed by atoms with Gasteiger partial charge in [0.1, 0.15) is 0 Å². The molecule has 1 saturated carbocycles. The molecule has 0 unspecified atom stereocenters. The van der Waals surface area contributed by atoms with Crippen molar-refractivity contribution in [1.29, 1.82) is 0 Å². The van der Waals surface area contributed by atoms with Gasteiger partial charge in [0.25, 0.3) is 0 Å². The van der Waals surface area contributed by atoms with E-state index >= 15 is 0 Å². The summed E-state index contributed by atoms with van der Waals surface area (Å²) in [5.41, 5.74) is 5.95. The molecule has 0 heterocycles. The Hall–Kier alpha value is -0.610. The number of carbonyl (C=O) groups is 1. The van der Waals surface area contributed by atoms with Crippen molar-refractivity contribution in [3.8, 4) is 0 Å². The summed E-state index contributed by atoms with van der Waals surface area (Å²) in [5, 5.41) is 2.87. The predicted molar refractivity (Wildman–Crippen MR) is 75.4 cm³/mol. The summed E-state index contributed by atoms with van der Waals surface area (Å²) in [5.74, 6) is 0.172. The highest BCUT2D eigenvalue weighted by molar-refractivity contribution is 5.75. The number of nitrogens with one attached hydrogen (secondary N) is 1. The van der Waals surface area contributed by atoms with Crippen LogP contribution in [0.5, 0.6) is 0 Å². The highest BCUT2D eigenvalue weighted by Gasteiger charge is 2.23. The van der Waals surface area contributed by atoms with E-state index in [1.165, 1.54) is 12.8 Å². The maximum Gasteiger partial charge on any atom is 0.221 e. The van der Waals surface area contributed by atoms with E-state index in [9.17, 15) is 4.79 Å². The molecule has 0 radical (unpaired) electrons. The fourth-order valence-corrected chi connectivity index (χ4v) is 2.76. The van der Waals surface area contributed by atoms with Crippen LogP contribution >= 0.6 is 0 Å². The Balaban J connectivity index is 2.36. The Morgan fingerprint density at radius 3 is 2.44 bits per heavy atom. The Morgan fingerprint density at radius 1 is 1.22 bits per heavy atom. The molecular weight excluding hydrogens is 226 g/mol. The summed E-state index contributed by atoms with van der Waals surface area (Å²) in [4.78, 5) is 14.0. The molecule has 0 aromatic carbocycles. The average molecular weight is 255 g/mol. The van der Waals surface area contributed by atoms with Crippen molar-refractivity contribution in [2.45, 2.75) is 64.5 Å². The van der Waals surface area contributed by atoms with Gasteiger partial charge in [0, 0.05) is 31.6 Å². The van der Waals surface area contributed by atoms with Gasteiger partial charge in [0.05, 0.1) is 0 Å². The van der Waals surface area contributed by atoms with Gasteiger partial charge in [-0.25, -0.2) is 0 Å². The van der Waals surface area contributed by atoms with Gasteiger partial charge in [-0.1, -0.05) is 6.92 Å². The van der Waals surface area contributed by atoms with Gasteiger partial charge in [-0.2, -0.15) is 0 Å². The van der Waals surface area contributed by atoms with Crippen LogP contribution < -0.4 is 11.1 Å². The Bertz CT molecular complexity index is 237. The van der Waals surface area contributed by atoms with Crippen molar-refractivity contribution in [2.75, 3.05) is 19.6 Å². The number of amides is 1. The van der Waals surface area contributed by atoms with Crippen molar-refractivity contribution >= 4 is 5.91 Å². The van der Waals surface area contributed by atoms with E-state index in [0.29, 0.717) is 18.5 Å². The highest BCUT2D eigenvalue weighted by atomic mass is 16.1. The quantitative estimate of drug-likeness (QED) is 0.725. The zero-order valence-electron chi connectivity index (χ0n) is 12.0. The highest BCUT2D eigenvalue weighted by Crippen LogP contribution is 2.22. The van der Waals surface area contributed by atoms with Crippen LogP contribution in [0.1, 0.15) is 52.4 Å². The molecule has 1 fully saturated rings. The maximum absolute atomic E-state index is 11.5. The third-order valence-electron chi connectivity index (χ3n) is 3.77. The van der Waals surface area contributed by atoms with Gasteiger partial charge in [0.15, 0.2) is 0 Å². The minimum absolute atomic E-state index is 0.172. The third kappa shape index (κ3) is 5.36. The topological polar surface area (TPSA) is 58.4 Å². The van der Waals surface area contributed by atoms with Gasteiger partial charge < -0.3 is 11.1 Å². The molecule has 1 aliphatic carbocycles.